The lowest BCUT2D eigenvalue weighted by Crippen LogP contribution is -2.30. The van der Waals surface area contributed by atoms with Crippen LogP contribution in [-0.4, -0.2) is 66.5 Å². The Balaban J connectivity index is 4.82. The highest BCUT2D eigenvalue weighted by Gasteiger charge is 2.28. The van der Waals surface area contributed by atoms with Crippen LogP contribution in [0.2, 0.25) is 0 Å². The molecule has 402 valence electrons. The summed E-state index contributed by atoms with van der Waals surface area (Å²) in [5.74, 6) is -1.52. The van der Waals surface area contributed by atoms with E-state index in [-0.39, 0.29) is 25.9 Å². The van der Waals surface area contributed by atoms with Gasteiger partial charge in [-0.05, 0) is 96.3 Å². The number of ether oxygens (including phenoxy) is 3. The second-order valence-electron chi connectivity index (χ2n) is 18.0. The van der Waals surface area contributed by atoms with Crippen molar-refractivity contribution in [2.75, 3.05) is 26.4 Å². The zero-order chi connectivity index (χ0) is 51.3. The molecule has 0 rings (SSSR count). The lowest BCUT2D eigenvalue weighted by atomic mass is 10.1. The van der Waals surface area contributed by atoms with Crippen LogP contribution in [0.1, 0.15) is 226 Å². The molecule has 0 aromatic carbocycles. The molecule has 0 aromatic heterocycles. The fourth-order valence-corrected chi connectivity index (χ4v) is 7.90. The molecule has 0 saturated heterocycles. The number of hydrogen-bond acceptors (Lipinski definition) is 10. The van der Waals surface area contributed by atoms with Crippen LogP contribution in [0.25, 0.3) is 0 Å². The van der Waals surface area contributed by atoms with E-state index < -0.39 is 57.8 Å². The van der Waals surface area contributed by atoms with Gasteiger partial charge < -0.3 is 24.2 Å². The Hall–Kier alpha value is -3.34. The summed E-state index contributed by atoms with van der Waals surface area (Å²) in [6, 6.07) is 0. The molecule has 0 heterocycles. The molecule has 0 aromatic rings. The van der Waals surface area contributed by atoms with E-state index in [1.54, 1.807) is 0 Å². The molecule has 2 N–H and O–H groups in total. The third-order valence-corrected chi connectivity index (χ3v) is 12.3. The summed E-state index contributed by atoms with van der Waals surface area (Å²) in [4.78, 5) is 48.4. The van der Waals surface area contributed by atoms with Gasteiger partial charge >= 0.3 is 25.7 Å². The van der Waals surface area contributed by atoms with Gasteiger partial charge in [-0.2, -0.15) is 0 Å². The topological polar surface area (TPSA) is 155 Å². The number of allylic oxidation sites excluding steroid dienone is 14. The molecule has 0 amide bonds. The van der Waals surface area contributed by atoms with Crippen molar-refractivity contribution in [3.8, 4) is 0 Å². The molecule has 0 aliphatic carbocycles. The van der Waals surface area contributed by atoms with E-state index >= 15 is 0 Å². The Morgan fingerprint density at radius 1 is 0.414 bits per heavy atom. The highest BCUT2D eigenvalue weighted by Crippen LogP contribution is 2.43. The molecule has 0 radical (unpaired) electrons. The van der Waals surface area contributed by atoms with Crippen LogP contribution in [0.15, 0.2) is 85.1 Å². The second-order valence-corrected chi connectivity index (χ2v) is 19.5. The maximum absolute atomic E-state index is 12.9. The summed E-state index contributed by atoms with van der Waals surface area (Å²) in [5, 5.41) is 9.76. The third-order valence-electron chi connectivity index (χ3n) is 11.3. The van der Waals surface area contributed by atoms with Crippen LogP contribution in [-0.2, 0) is 42.2 Å². The fraction of sp³-hybridized carbons (Fsp3) is 0.707. The van der Waals surface area contributed by atoms with E-state index in [9.17, 15) is 28.9 Å². The summed E-state index contributed by atoms with van der Waals surface area (Å²) in [7, 11) is -4.75. The molecule has 70 heavy (non-hydrogen) atoms. The van der Waals surface area contributed by atoms with Crippen LogP contribution >= 0.6 is 7.82 Å². The quantitative estimate of drug-likeness (QED) is 0.0197. The number of phosphoric acid groups is 1. The van der Waals surface area contributed by atoms with E-state index in [0.29, 0.717) is 19.3 Å². The zero-order valence-electron chi connectivity index (χ0n) is 44.2. The molecule has 0 aliphatic heterocycles. The molecule has 0 saturated carbocycles. The maximum Gasteiger partial charge on any atom is 0.472 e. The average molecular weight is 1000 g/mol. The van der Waals surface area contributed by atoms with Gasteiger partial charge in [0.1, 0.15) is 12.7 Å². The lowest BCUT2D eigenvalue weighted by Gasteiger charge is -2.21. The van der Waals surface area contributed by atoms with Gasteiger partial charge in [0.15, 0.2) is 6.10 Å². The molecule has 11 nitrogen and oxygen atoms in total. The number of hydrogen-bond donors (Lipinski definition) is 2. The Labute approximate surface area is 426 Å². The molecular weight excluding hydrogens is 904 g/mol. The number of carbonyl (C=O) groups excluding carboxylic acids is 3. The predicted octanol–water partition coefficient (Wildman–Crippen LogP) is 15.9. The van der Waals surface area contributed by atoms with Gasteiger partial charge in [-0.3, -0.25) is 23.4 Å². The molecule has 0 aliphatic rings. The molecule has 12 heteroatoms. The third kappa shape index (κ3) is 49.6. The fourth-order valence-electron chi connectivity index (χ4n) is 7.12. The van der Waals surface area contributed by atoms with Crippen molar-refractivity contribution in [1.29, 1.82) is 0 Å². The Morgan fingerprint density at radius 2 is 0.743 bits per heavy atom. The monoisotopic (exact) mass is 1000 g/mol. The summed E-state index contributed by atoms with van der Waals surface area (Å²) in [6.07, 6.45) is 58.4. The average Bonchev–Trinajstić information content (AvgIpc) is 3.35. The highest BCUT2D eigenvalue weighted by molar-refractivity contribution is 7.47. The van der Waals surface area contributed by atoms with Crippen LogP contribution in [0.4, 0.5) is 0 Å². The number of carbonyl (C=O) groups is 3. The number of aliphatic hydroxyl groups excluding tert-OH is 1. The van der Waals surface area contributed by atoms with Crippen LogP contribution in [0.3, 0.4) is 0 Å². The molecular formula is C58H99O11P. The maximum atomic E-state index is 12.9. The van der Waals surface area contributed by atoms with E-state index in [1.807, 2.05) is 0 Å². The van der Waals surface area contributed by atoms with Gasteiger partial charge in [0.2, 0.25) is 0 Å². The largest absolute Gasteiger partial charge is 0.472 e. The summed E-state index contributed by atoms with van der Waals surface area (Å²) >= 11 is 0. The summed E-state index contributed by atoms with van der Waals surface area (Å²) in [6.45, 7) is 4.41. The lowest BCUT2D eigenvalue weighted by molar-refractivity contribution is -0.161. The highest BCUT2D eigenvalue weighted by atomic mass is 31.2. The predicted molar refractivity (Wildman–Crippen MR) is 288 cm³/mol. The molecule has 0 fully saturated rings. The summed E-state index contributed by atoms with van der Waals surface area (Å²) < 4.78 is 39.3. The van der Waals surface area contributed by atoms with Gasteiger partial charge in [-0.25, -0.2) is 4.57 Å². The van der Waals surface area contributed by atoms with Crippen molar-refractivity contribution in [2.24, 2.45) is 0 Å². The van der Waals surface area contributed by atoms with E-state index in [4.69, 9.17) is 23.3 Å². The SMILES string of the molecule is CC/C=C\C/C=C\C/C=C\C/C=C\C/C=C\CCCCCC(=O)OC(COC(=O)CCCCCCC/C=C\C/C=C\CCCCC)COP(=O)(O)OCC(CO)OC(=O)CCCCCCCCCCC. The number of phosphoric ester groups is 1. The summed E-state index contributed by atoms with van der Waals surface area (Å²) in [5.41, 5.74) is 0. The number of unbranched alkanes of at least 4 members (excludes halogenated alkanes) is 19. The first kappa shape index (κ1) is 66.7. The first-order valence-corrected chi connectivity index (χ1v) is 29.0. The number of aliphatic hydroxyl groups is 1. The van der Waals surface area contributed by atoms with E-state index in [2.05, 4.69) is 106 Å². The zero-order valence-corrected chi connectivity index (χ0v) is 45.1. The minimum Gasteiger partial charge on any atom is -0.462 e. The molecule has 3 atom stereocenters. The first-order chi connectivity index (χ1) is 34.2. The van der Waals surface area contributed by atoms with Crippen molar-refractivity contribution in [3.05, 3.63) is 85.1 Å². The van der Waals surface area contributed by atoms with Gasteiger partial charge in [0, 0.05) is 19.3 Å². The number of rotatable bonds is 50. The Kier molecular flexibility index (Phi) is 49.5. The van der Waals surface area contributed by atoms with Crippen LogP contribution < -0.4 is 0 Å². The Bertz CT molecular complexity index is 1500. The van der Waals surface area contributed by atoms with Crippen molar-refractivity contribution < 1.29 is 52.2 Å². The van der Waals surface area contributed by atoms with Crippen molar-refractivity contribution in [3.63, 3.8) is 0 Å². The Morgan fingerprint density at radius 3 is 1.19 bits per heavy atom. The molecule has 0 spiro atoms. The van der Waals surface area contributed by atoms with Crippen molar-refractivity contribution in [1.82, 2.24) is 0 Å². The minimum atomic E-state index is -4.75. The van der Waals surface area contributed by atoms with E-state index in [0.717, 1.165) is 116 Å². The van der Waals surface area contributed by atoms with Gasteiger partial charge in [-0.1, -0.05) is 196 Å². The van der Waals surface area contributed by atoms with Crippen LogP contribution in [0, 0.1) is 0 Å². The first-order valence-electron chi connectivity index (χ1n) is 27.5. The van der Waals surface area contributed by atoms with Gasteiger partial charge in [0.05, 0.1) is 19.8 Å². The molecule has 0 bridgehead atoms. The van der Waals surface area contributed by atoms with Gasteiger partial charge in [0.25, 0.3) is 0 Å². The second kappa shape index (κ2) is 52.0. The van der Waals surface area contributed by atoms with Gasteiger partial charge in [-0.15, -0.1) is 0 Å². The molecule has 3 unspecified atom stereocenters. The van der Waals surface area contributed by atoms with Crippen LogP contribution in [0.5, 0.6) is 0 Å². The standard InChI is InChI=1S/C58H99O11P/c1-4-7-10-13-16-19-21-23-25-26-27-28-30-32-34-37-40-43-46-49-58(62)69-55(51-65-56(60)47-44-41-38-36-33-31-29-24-22-20-17-14-11-8-5-2)53-67-70(63,64)66-52-54(50-59)68-57(61)48-45-42-39-35-18-15-12-9-6-3/h7,10,16-17,19-20,23-25,27-29,32,34,54-55,59H,4-6,8-9,11-15,18,21-22,26,30-31,33,35-53H2,1-3H3,(H,63,64)/b10-7-,19-16-,20-17-,25-23-,28-27-,29-24-,34-32-. The van der Waals surface area contributed by atoms with Crippen molar-refractivity contribution >= 4 is 25.7 Å². The van der Waals surface area contributed by atoms with Crippen molar-refractivity contribution in [2.45, 2.75) is 238 Å². The van der Waals surface area contributed by atoms with E-state index in [1.165, 1.54) is 51.4 Å². The smallest absolute Gasteiger partial charge is 0.462 e. The minimum absolute atomic E-state index is 0.123. The normalized spacial score (nSPS) is 14.1. The number of esters is 3.